The molecule has 0 saturated heterocycles. The van der Waals surface area contributed by atoms with Crippen LogP contribution in [0.1, 0.15) is 25.2 Å². The Morgan fingerprint density at radius 1 is 1.41 bits per heavy atom. The Bertz CT molecular complexity index is 548. The highest BCUT2D eigenvalue weighted by Gasteiger charge is 2.13. The van der Waals surface area contributed by atoms with E-state index in [0.29, 0.717) is 6.04 Å². The lowest BCUT2D eigenvalue weighted by molar-refractivity contribution is 0.484. The van der Waals surface area contributed by atoms with Crippen LogP contribution in [-0.4, -0.2) is 6.04 Å². The molecule has 0 amide bonds. The van der Waals surface area contributed by atoms with Crippen LogP contribution in [0, 0.1) is 6.92 Å². The highest BCUT2D eigenvalue weighted by Crippen LogP contribution is 2.33. The van der Waals surface area contributed by atoms with Gasteiger partial charge in [-0.1, -0.05) is 25.4 Å². The van der Waals surface area contributed by atoms with Gasteiger partial charge in [-0.15, -0.1) is 0 Å². The molecule has 0 spiro atoms. The van der Waals surface area contributed by atoms with Crippen molar-refractivity contribution in [3.63, 3.8) is 0 Å². The second-order valence-corrected chi connectivity index (χ2v) is 5.74. The smallest absolute Gasteiger partial charge is 0.148 e. The fourth-order valence-corrected chi connectivity index (χ4v) is 2.65. The van der Waals surface area contributed by atoms with Gasteiger partial charge in [0.2, 0.25) is 0 Å². The Morgan fingerprint density at radius 3 is 2.76 bits per heavy atom. The minimum Gasteiger partial charge on any atom is -0.458 e. The van der Waals surface area contributed by atoms with Gasteiger partial charge in [-0.3, -0.25) is 0 Å². The van der Waals surface area contributed by atoms with Gasteiger partial charge in [0.05, 0.1) is 11.0 Å². The van der Waals surface area contributed by atoms with Crippen molar-refractivity contribution in [2.45, 2.75) is 33.4 Å². The molecular weight excluding hydrogens is 302 g/mol. The van der Waals surface area contributed by atoms with E-state index in [4.69, 9.17) is 16.0 Å². The molecule has 0 aliphatic carbocycles. The molecule has 0 unspecified atom stereocenters. The third-order valence-corrected chi connectivity index (χ3v) is 3.53. The van der Waals surface area contributed by atoms with Crippen molar-refractivity contribution in [2.75, 3.05) is 0 Å². The monoisotopic (exact) mass is 315 g/mol. The maximum Gasteiger partial charge on any atom is 0.148 e. The van der Waals surface area contributed by atoms with Crippen LogP contribution in [0.4, 0.5) is 0 Å². The van der Waals surface area contributed by atoms with Crippen LogP contribution in [-0.2, 0) is 6.54 Å². The van der Waals surface area contributed by atoms with Crippen molar-refractivity contribution in [2.24, 2.45) is 0 Å². The summed E-state index contributed by atoms with van der Waals surface area (Å²) in [6.45, 7) is 7.03. The molecular formula is C13H15BrClNO. The first kappa shape index (κ1) is 12.9. The third kappa shape index (κ3) is 2.67. The van der Waals surface area contributed by atoms with Gasteiger partial charge in [-0.05, 0) is 40.5 Å². The maximum atomic E-state index is 6.05. The lowest BCUT2D eigenvalue weighted by atomic mass is 10.1. The molecule has 0 radical (unpaired) electrons. The number of halogens is 2. The molecule has 0 aliphatic heterocycles. The van der Waals surface area contributed by atoms with Gasteiger partial charge >= 0.3 is 0 Å². The van der Waals surface area contributed by atoms with Crippen molar-refractivity contribution >= 4 is 38.5 Å². The Hall–Kier alpha value is -0.510. The quantitative estimate of drug-likeness (QED) is 0.891. The van der Waals surface area contributed by atoms with Gasteiger partial charge in [-0.2, -0.15) is 0 Å². The molecule has 0 fully saturated rings. The summed E-state index contributed by atoms with van der Waals surface area (Å²) in [7, 11) is 0. The number of nitrogens with one attached hydrogen (secondary N) is 1. The Kier molecular flexibility index (Phi) is 3.81. The topological polar surface area (TPSA) is 25.2 Å². The van der Waals surface area contributed by atoms with Crippen LogP contribution < -0.4 is 5.32 Å². The summed E-state index contributed by atoms with van der Waals surface area (Å²) in [5.74, 6) is 0.969. The van der Waals surface area contributed by atoms with E-state index < -0.39 is 0 Å². The highest BCUT2D eigenvalue weighted by molar-refractivity contribution is 9.10. The standard InChI is InChI=1S/C13H15BrClNO/c1-7(2)16-6-12-8(3)10-4-9(15)5-11(14)13(10)17-12/h4-5,7,16H,6H2,1-3H3. The molecule has 0 saturated carbocycles. The first-order valence-corrected chi connectivity index (χ1v) is 6.76. The number of hydrogen-bond acceptors (Lipinski definition) is 2. The average molecular weight is 317 g/mol. The molecule has 1 aromatic carbocycles. The van der Waals surface area contributed by atoms with Gasteiger partial charge < -0.3 is 9.73 Å². The Labute approximate surface area is 114 Å². The molecule has 0 atom stereocenters. The molecule has 2 nitrogen and oxygen atoms in total. The number of fused-ring (bicyclic) bond motifs is 1. The summed E-state index contributed by atoms with van der Waals surface area (Å²) in [5, 5.41) is 5.15. The van der Waals surface area contributed by atoms with Crippen LogP contribution in [0.15, 0.2) is 21.0 Å². The normalized spacial score (nSPS) is 11.6. The second kappa shape index (κ2) is 5.01. The molecule has 0 bridgehead atoms. The van der Waals surface area contributed by atoms with E-state index in [-0.39, 0.29) is 0 Å². The van der Waals surface area contributed by atoms with Crippen molar-refractivity contribution in [3.8, 4) is 0 Å². The van der Waals surface area contributed by atoms with E-state index in [2.05, 4.69) is 42.0 Å². The van der Waals surface area contributed by atoms with E-state index in [1.165, 1.54) is 0 Å². The molecule has 0 aliphatic rings. The number of furan rings is 1. The largest absolute Gasteiger partial charge is 0.458 e. The minimum atomic E-state index is 0.439. The summed E-state index contributed by atoms with van der Waals surface area (Å²) in [4.78, 5) is 0. The lowest BCUT2D eigenvalue weighted by Gasteiger charge is -2.05. The molecule has 1 aromatic heterocycles. The van der Waals surface area contributed by atoms with E-state index in [1.54, 1.807) is 0 Å². The fraction of sp³-hybridized carbons (Fsp3) is 0.385. The van der Waals surface area contributed by atoms with Crippen molar-refractivity contribution < 1.29 is 4.42 Å². The minimum absolute atomic E-state index is 0.439. The Morgan fingerprint density at radius 2 is 2.12 bits per heavy atom. The summed E-state index contributed by atoms with van der Waals surface area (Å²) >= 11 is 9.52. The molecule has 2 aromatic rings. The SMILES string of the molecule is Cc1c(CNC(C)C)oc2c(Br)cc(Cl)cc12. The van der Waals surface area contributed by atoms with E-state index in [1.807, 2.05) is 12.1 Å². The van der Waals surface area contributed by atoms with Gasteiger partial charge in [0.25, 0.3) is 0 Å². The first-order chi connectivity index (χ1) is 7.99. The molecule has 1 heterocycles. The molecule has 92 valence electrons. The fourth-order valence-electron chi connectivity index (χ4n) is 1.76. The zero-order valence-electron chi connectivity index (χ0n) is 10.1. The highest BCUT2D eigenvalue weighted by atomic mass is 79.9. The van der Waals surface area contributed by atoms with Crippen LogP contribution >= 0.6 is 27.5 Å². The molecule has 4 heteroatoms. The average Bonchev–Trinajstić information content (AvgIpc) is 2.54. The van der Waals surface area contributed by atoms with Crippen LogP contribution in [0.3, 0.4) is 0 Å². The van der Waals surface area contributed by atoms with Crippen LogP contribution in [0.5, 0.6) is 0 Å². The van der Waals surface area contributed by atoms with Gasteiger partial charge in [-0.25, -0.2) is 0 Å². The van der Waals surface area contributed by atoms with Gasteiger partial charge in [0.15, 0.2) is 0 Å². The lowest BCUT2D eigenvalue weighted by Crippen LogP contribution is -2.21. The van der Waals surface area contributed by atoms with Crippen LogP contribution in [0.2, 0.25) is 5.02 Å². The van der Waals surface area contributed by atoms with E-state index in [9.17, 15) is 0 Å². The number of rotatable bonds is 3. The van der Waals surface area contributed by atoms with E-state index in [0.717, 1.165) is 38.3 Å². The number of benzene rings is 1. The zero-order chi connectivity index (χ0) is 12.6. The van der Waals surface area contributed by atoms with Gasteiger partial charge in [0, 0.05) is 16.5 Å². The first-order valence-electron chi connectivity index (χ1n) is 5.59. The zero-order valence-corrected chi connectivity index (χ0v) is 12.4. The van der Waals surface area contributed by atoms with Crippen molar-refractivity contribution in [1.82, 2.24) is 5.32 Å². The Balaban J connectivity index is 2.45. The number of aryl methyl sites for hydroxylation is 1. The summed E-state index contributed by atoms with van der Waals surface area (Å²) in [6, 6.07) is 4.24. The predicted octanol–water partition coefficient (Wildman–Crippen LogP) is 4.66. The van der Waals surface area contributed by atoms with Crippen molar-refractivity contribution in [3.05, 3.63) is 33.0 Å². The summed E-state index contributed by atoms with van der Waals surface area (Å²) in [6.07, 6.45) is 0. The van der Waals surface area contributed by atoms with Crippen molar-refractivity contribution in [1.29, 1.82) is 0 Å². The second-order valence-electron chi connectivity index (χ2n) is 4.45. The van der Waals surface area contributed by atoms with E-state index >= 15 is 0 Å². The molecule has 17 heavy (non-hydrogen) atoms. The van der Waals surface area contributed by atoms with Crippen LogP contribution in [0.25, 0.3) is 11.0 Å². The predicted molar refractivity (Wildman–Crippen MR) is 75.6 cm³/mol. The summed E-state index contributed by atoms with van der Waals surface area (Å²) in [5.41, 5.74) is 2.02. The molecule has 1 N–H and O–H groups in total. The summed E-state index contributed by atoms with van der Waals surface area (Å²) < 4.78 is 6.77. The third-order valence-electron chi connectivity index (χ3n) is 2.73. The number of hydrogen-bond donors (Lipinski definition) is 1. The maximum absolute atomic E-state index is 6.05. The van der Waals surface area contributed by atoms with Gasteiger partial charge in [0.1, 0.15) is 11.3 Å². The molecule has 2 rings (SSSR count).